The van der Waals surface area contributed by atoms with Gasteiger partial charge in [-0.3, -0.25) is 4.99 Å². The Morgan fingerprint density at radius 2 is 2.20 bits per heavy atom. The first-order valence-corrected chi connectivity index (χ1v) is 6.09. The van der Waals surface area contributed by atoms with Gasteiger partial charge in [0.2, 0.25) is 0 Å². The molecule has 0 aromatic rings. The molecule has 0 radical (unpaired) electrons. The molecule has 0 bridgehead atoms. The number of rotatable bonds is 4. The quantitative estimate of drug-likeness (QED) is 0.704. The summed E-state index contributed by atoms with van der Waals surface area (Å²) in [6.07, 6.45) is 5.45. The lowest BCUT2D eigenvalue weighted by molar-refractivity contribution is 0.413. The van der Waals surface area contributed by atoms with E-state index in [0.29, 0.717) is 5.92 Å². The van der Waals surface area contributed by atoms with Crippen LogP contribution in [0.15, 0.2) is 16.4 Å². The van der Waals surface area contributed by atoms with Crippen LogP contribution in [-0.4, -0.2) is 12.8 Å². The van der Waals surface area contributed by atoms with Crippen molar-refractivity contribution in [2.75, 3.05) is 6.54 Å². The summed E-state index contributed by atoms with van der Waals surface area (Å²) in [6, 6.07) is 0. The van der Waals surface area contributed by atoms with E-state index in [1.54, 1.807) is 0 Å². The number of hydrogen-bond acceptors (Lipinski definition) is 2. The van der Waals surface area contributed by atoms with Crippen LogP contribution in [0.4, 0.5) is 0 Å². The molecule has 1 fully saturated rings. The molecule has 15 heavy (non-hydrogen) atoms. The van der Waals surface area contributed by atoms with Crippen LogP contribution in [0.25, 0.3) is 0 Å². The van der Waals surface area contributed by atoms with E-state index in [4.69, 9.17) is 0 Å². The molecule has 1 saturated heterocycles. The molecule has 1 heterocycles. The fraction of sp³-hybridized carbons (Fsp3) is 0.769. The zero-order chi connectivity index (χ0) is 11.3. The molecule has 0 amide bonds. The largest absolute Gasteiger partial charge is 0.387 e. The van der Waals surface area contributed by atoms with Crippen molar-refractivity contribution in [3.63, 3.8) is 0 Å². The number of hydrogen-bond donors (Lipinski definition) is 1. The molecule has 0 aromatic carbocycles. The first-order valence-electron chi connectivity index (χ1n) is 6.09. The summed E-state index contributed by atoms with van der Waals surface area (Å²) in [5, 5.41) is 3.45. The van der Waals surface area contributed by atoms with Crippen LogP contribution in [0.1, 0.15) is 47.0 Å². The van der Waals surface area contributed by atoms with Crippen molar-refractivity contribution in [3.05, 3.63) is 11.4 Å². The van der Waals surface area contributed by atoms with Gasteiger partial charge >= 0.3 is 0 Å². The van der Waals surface area contributed by atoms with Gasteiger partial charge in [0.05, 0.1) is 5.70 Å². The minimum absolute atomic E-state index is 0.707. The van der Waals surface area contributed by atoms with E-state index >= 15 is 0 Å². The van der Waals surface area contributed by atoms with Crippen LogP contribution in [0, 0.1) is 11.8 Å². The monoisotopic (exact) mass is 208 g/mol. The average molecular weight is 208 g/mol. The van der Waals surface area contributed by atoms with Crippen molar-refractivity contribution >= 4 is 6.21 Å². The molecule has 2 heteroatoms. The fourth-order valence-electron chi connectivity index (χ4n) is 1.79. The minimum Gasteiger partial charge on any atom is -0.387 e. The van der Waals surface area contributed by atoms with Gasteiger partial charge in [-0.1, -0.05) is 20.8 Å². The molecule has 0 aliphatic carbocycles. The number of allylic oxidation sites excluding steroid dienone is 2. The van der Waals surface area contributed by atoms with Crippen LogP contribution >= 0.6 is 0 Å². The topological polar surface area (TPSA) is 24.4 Å². The van der Waals surface area contributed by atoms with Gasteiger partial charge in [-0.15, -0.1) is 0 Å². The number of nitrogens with zero attached hydrogens (tertiary/aromatic N) is 1. The maximum atomic E-state index is 4.52. The van der Waals surface area contributed by atoms with E-state index in [1.165, 1.54) is 24.2 Å². The highest BCUT2D eigenvalue weighted by molar-refractivity contribution is 5.55. The Morgan fingerprint density at radius 1 is 1.47 bits per heavy atom. The Bertz CT molecular complexity index is 243. The zero-order valence-corrected chi connectivity index (χ0v) is 10.5. The molecule has 0 saturated carbocycles. The highest BCUT2D eigenvalue weighted by atomic mass is 14.9. The predicted octanol–water partition coefficient (Wildman–Crippen LogP) is 3.35. The molecule has 1 aliphatic heterocycles. The second kappa shape index (κ2) is 5.94. The van der Waals surface area contributed by atoms with E-state index in [2.05, 4.69) is 31.1 Å². The van der Waals surface area contributed by atoms with Crippen molar-refractivity contribution in [2.24, 2.45) is 16.8 Å². The van der Waals surface area contributed by atoms with Gasteiger partial charge in [0, 0.05) is 18.5 Å². The normalized spacial score (nSPS) is 22.2. The maximum Gasteiger partial charge on any atom is 0.0591 e. The smallest absolute Gasteiger partial charge is 0.0591 e. The van der Waals surface area contributed by atoms with Gasteiger partial charge in [-0.05, 0) is 38.0 Å². The van der Waals surface area contributed by atoms with E-state index < -0.39 is 0 Å². The van der Waals surface area contributed by atoms with E-state index in [0.717, 1.165) is 18.9 Å². The minimum atomic E-state index is 0.707. The molecule has 0 spiro atoms. The fourth-order valence-corrected chi connectivity index (χ4v) is 1.79. The summed E-state index contributed by atoms with van der Waals surface area (Å²) in [5.41, 5.74) is 2.65. The molecular weight excluding hydrogens is 184 g/mol. The van der Waals surface area contributed by atoms with Gasteiger partial charge in [0.1, 0.15) is 0 Å². The van der Waals surface area contributed by atoms with Crippen molar-refractivity contribution < 1.29 is 0 Å². The average Bonchev–Trinajstić information content (AvgIpc) is 2.69. The molecule has 0 aromatic heterocycles. The lowest BCUT2D eigenvalue weighted by atomic mass is 9.92. The third kappa shape index (κ3) is 3.69. The van der Waals surface area contributed by atoms with Crippen LogP contribution in [0.3, 0.4) is 0 Å². The highest BCUT2D eigenvalue weighted by Gasteiger charge is 2.15. The molecular formula is C13H24N2. The summed E-state index contributed by atoms with van der Waals surface area (Å²) < 4.78 is 0. The van der Waals surface area contributed by atoms with Crippen LogP contribution < -0.4 is 5.32 Å². The standard InChI is InChI=1S/C13H24N2/c1-5-14-13(9-11(4)10(2)3)12-7-6-8-15-12/h5,10-11,15H,6-9H2,1-4H3/b13-12-,14-5?. The summed E-state index contributed by atoms with van der Waals surface area (Å²) >= 11 is 0. The molecule has 1 unspecified atom stereocenters. The molecule has 1 aliphatic rings. The third-order valence-corrected chi connectivity index (χ3v) is 3.23. The summed E-state index contributed by atoms with van der Waals surface area (Å²) in [5.74, 6) is 1.44. The Labute approximate surface area is 93.9 Å². The van der Waals surface area contributed by atoms with Crippen molar-refractivity contribution in [1.82, 2.24) is 5.32 Å². The molecule has 1 N–H and O–H groups in total. The van der Waals surface area contributed by atoms with Crippen molar-refractivity contribution in [3.8, 4) is 0 Å². The van der Waals surface area contributed by atoms with Gasteiger partial charge in [-0.25, -0.2) is 0 Å². The summed E-state index contributed by atoms with van der Waals surface area (Å²) in [4.78, 5) is 4.52. The van der Waals surface area contributed by atoms with Crippen molar-refractivity contribution in [1.29, 1.82) is 0 Å². The zero-order valence-electron chi connectivity index (χ0n) is 10.5. The van der Waals surface area contributed by atoms with E-state index in [1.807, 2.05) is 13.1 Å². The van der Waals surface area contributed by atoms with Crippen molar-refractivity contribution in [2.45, 2.75) is 47.0 Å². The lowest BCUT2D eigenvalue weighted by Crippen LogP contribution is -2.10. The molecule has 86 valence electrons. The molecule has 1 rings (SSSR count). The van der Waals surface area contributed by atoms with Crippen LogP contribution in [-0.2, 0) is 0 Å². The third-order valence-electron chi connectivity index (χ3n) is 3.23. The maximum absolute atomic E-state index is 4.52. The van der Waals surface area contributed by atoms with Crippen LogP contribution in [0.5, 0.6) is 0 Å². The molecule has 2 nitrogen and oxygen atoms in total. The first-order chi connectivity index (χ1) is 7.15. The number of aliphatic imine (C=N–C) groups is 1. The number of nitrogens with one attached hydrogen (secondary N) is 1. The van der Waals surface area contributed by atoms with Crippen LogP contribution in [0.2, 0.25) is 0 Å². The predicted molar refractivity (Wildman–Crippen MR) is 67.0 cm³/mol. The SMILES string of the molecule is CC=N/C(CC(C)C(C)C)=C1/CCCN1. The van der Waals surface area contributed by atoms with Gasteiger partial charge in [-0.2, -0.15) is 0 Å². The second-order valence-corrected chi connectivity index (χ2v) is 4.77. The van der Waals surface area contributed by atoms with Gasteiger partial charge in [0.15, 0.2) is 0 Å². The van der Waals surface area contributed by atoms with Gasteiger partial charge < -0.3 is 5.32 Å². The van der Waals surface area contributed by atoms with Gasteiger partial charge in [0.25, 0.3) is 0 Å². The Hall–Kier alpha value is -0.790. The Balaban J connectivity index is 2.70. The highest BCUT2D eigenvalue weighted by Crippen LogP contribution is 2.24. The summed E-state index contributed by atoms with van der Waals surface area (Å²) in [7, 11) is 0. The second-order valence-electron chi connectivity index (χ2n) is 4.77. The summed E-state index contributed by atoms with van der Waals surface area (Å²) in [6.45, 7) is 9.99. The molecule has 1 atom stereocenters. The lowest BCUT2D eigenvalue weighted by Gasteiger charge is -2.17. The van der Waals surface area contributed by atoms with E-state index in [9.17, 15) is 0 Å². The Morgan fingerprint density at radius 3 is 2.67 bits per heavy atom. The first kappa shape index (κ1) is 12.3. The Kier molecular flexibility index (Phi) is 4.86. The van der Waals surface area contributed by atoms with E-state index in [-0.39, 0.29) is 0 Å².